The smallest absolute Gasteiger partial charge is 0.330 e. The second kappa shape index (κ2) is 4.95. The molecular weight excluding hydrogens is 192 g/mol. The van der Waals surface area contributed by atoms with E-state index in [1.807, 2.05) is 30.3 Å². The number of hydrogen-bond donors (Lipinski definition) is 0. The first kappa shape index (κ1) is 9.12. The van der Waals surface area contributed by atoms with Gasteiger partial charge in [-0.15, -0.1) is 0 Å². The molecule has 0 atom stereocenters. The maximum Gasteiger partial charge on any atom is 0.330 e. The van der Waals surface area contributed by atoms with Crippen LogP contribution in [0.1, 0.15) is 5.56 Å². The number of nitrogens with zero attached hydrogens (tertiary/aromatic N) is 2. The molecule has 2 nitrogen and oxygen atoms in total. The minimum absolute atomic E-state index is 0. The summed E-state index contributed by atoms with van der Waals surface area (Å²) in [6.45, 7) is 0.390. The summed E-state index contributed by atoms with van der Waals surface area (Å²) in [7, 11) is 0. The van der Waals surface area contributed by atoms with Crippen molar-refractivity contribution in [2.24, 2.45) is 0 Å². The van der Waals surface area contributed by atoms with E-state index in [2.05, 4.69) is 4.98 Å². The zero-order valence-electron chi connectivity index (χ0n) is 5.37. The summed E-state index contributed by atoms with van der Waals surface area (Å²) in [6, 6.07) is 9.60. The molecule has 0 unspecified atom stereocenters. The van der Waals surface area contributed by atoms with E-state index >= 15 is 0 Å². The molecule has 0 saturated heterocycles. The number of diazo groups is 1. The summed E-state index contributed by atoms with van der Waals surface area (Å²) in [5, 5.41) is 8.14. The molecule has 0 heterocycles. The summed E-state index contributed by atoms with van der Waals surface area (Å²) in [6.07, 6.45) is 0. The van der Waals surface area contributed by atoms with E-state index in [1.165, 1.54) is 0 Å². The van der Waals surface area contributed by atoms with E-state index in [9.17, 15) is 0 Å². The van der Waals surface area contributed by atoms with Gasteiger partial charge in [0.2, 0.25) is 5.39 Å². The SMILES string of the molecule is N#[N+]Cc1ccccc1.[Br-]. The van der Waals surface area contributed by atoms with Crippen LogP contribution in [-0.4, -0.2) is 0 Å². The number of rotatable bonds is 1. The van der Waals surface area contributed by atoms with E-state index in [0.717, 1.165) is 5.56 Å². The molecule has 3 heteroatoms. The summed E-state index contributed by atoms with van der Waals surface area (Å²) in [5.74, 6) is 0. The Morgan fingerprint density at radius 2 is 1.80 bits per heavy atom. The first-order valence-corrected chi connectivity index (χ1v) is 2.78. The van der Waals surface area contributed by atoms with Crippen LogP contribution >= 0.6 is 0 Å². The standard InChI is InChI=1S/C7H7N2.BrH/c8-9-6-7-4-2-1-3-5-7;/h1-5H,6H2;1H/q+1;/p-1. The zero-order chi connectivity index (χ0) is 6.53. The Labute approximate surface area is 70.3 Å². The molecule has 0 aliphatic heterocycles. The Balaban J connectivity index is 0.000000810. The van der Waals surface area contributed by atoms with E-state index in [4.69, 9.17) is 5.39 Å². The van der Waals surface area contributed by atoms with Crippen molar-refractivity contribution in [2.75, 3.05) is 0 Å². The summed E-state index contributed by atoms with van der Waals surface area (Å²) in [4.78, 5) is 3.01. The molecule has 0 aliphatic rings. The molecule has 52 valence electrons. The lowest BCUT2D eigenvalue weighted by molar-refractivity contribution is -0.00000211. The molecule has 0 aliphatic carbocycles. The Hall–Kier alpha value is -0.880. The molecule has 0 spiro atoms. The van der Waals surface area contributed by atoms with Crippen molar-refractivity contribution in [2.45, 2.75) is 6.54 Å². The van der Waals surface area contributed by atoms with Crippen molar-refractivity contribution < 1.29 is 17.0 Å². The third-order valence-corrected chi connectivity index (χ3v) is 1.10. The molecule has 0 aromatic heterocycles. The molecule has 0 amide bonds. The first-order chi connectivity index (χ1) is 4.43. The molecule has 1 aromatic carbocycles. The molecule has 0 saturated carbocycles. The maximum atomic E-state index is 8.14. The molecule has 10 heavy (non-hydrogen) atoms. The predicted octanol–water partition coefficient (Wildman–Crippen LogP) is -0.956. The topological polar surface area (TPSA) is 28.1 Å². The van der Waals surface area contributed by atoms with Crippen molar-refractivity contribution in [3.63, 3.8) is 0 Å². The van der Waals surface area contributed by atoms with Crippen LogP contribution in [0.5, 0.6) is 0 Å². The average molecular weight is 199 g/mol. The number of halogens is 1. The lowest BCUT2D eigenvalue weighted by Gasteiger charge is -1.81. The fourth-order valence-electron chi connectivity index (χ4n) is 0.665. The van der Waals surface area contributed by atoms with Gasteiger partial charge in [0.05, 0.1) is 0 Å². The Kier molecular flexibility index (Phi) is 4.51. The highest BCUT2D eigenvalue weighted by Crippen LogP contribution is 1.98. The van der Waals surface area contributed by atoms with Gasteiger partial charge < -0.3 is 17.0 Å². The lowest BCUT2D eigenvalue weighted by Crippen LogP contribution is -3.00. The Bertz CT molecular complexity index is 215. The van der Waals surface area contributed by atoms with E-state index in [0.29, 0.717) is 6.54 Å². The minimum atomic E-state index is 0. The van der Waals surface area contributed by atoms with Gasteiger partial charge in [-0.2, -0.15) is 0 Å². The van der Waals surface area contributed by atoms with Gasteiger partial charge in [-0.3, -0.25) is 0 Å². The van der Waals surface area contributed by atoms with E-state index < -0.39 is 0 Å². The summed E-state index contributed by atoms with van der Waals surface area (Å²) < 4.78 is 0. The van der Waals surface area contributed by atoms with Crippen LogP contribution in [0.3, 0.4) is 0 Å². The van der Waals surface area contributed by atoms with Gasteiger partial charge in [-0.05, 0) is 0 Å². The van der Waals surface area contributed by atoms with Gasteiger partial charge in [-0.25, -0.2) is 0 Å². The highest BCUT2D eigenvalue weighted by atomic mass is 79.9. The van der Waals surface area contributed by atoms with Gasteiger partial charge in [0.15, 0.2) is 0 Å². The molecule has 0 radical (unpaired) electrons. The quantitative estimate of drug-likeness (QED) is 0.535. The Morgan fingerprint density at radius 3 is 2.30 bits per heavy atom. The van der Waals surface area contributed by atoms with Crippen LogP contribution < -0.4 is 17.0 Å². The van der Waals surface area contributed by atoms with Gasteiger partial charge in [-0.1, -0.05) is 30.3 Å². The molecule has 0 N–H and O–H groups in total. The van der Waals surface area contributed by atoms with Crippen molar-refractivity contribution in [3.8, 4) is 0 Å². The largest absolute Gasteiger partial charge is 1.00 e. The van der Waals surface area contributed by atoms with Gasteiger partial charge in [0, 0.05) is 5.56 Å². The van der Waals surface area contributed by atoms with E-state index in [-0.39, 0.29) is 17.0 Å². The molecule has 0 bridgehead atoms. The molecule has 0 fully saturated rings. The predicted molar refractivity (Wildman–Crippen MR) is 35.2 cm³/mol. The minimum Gasteiger partial charge on any atom is -1.00 e. The van der Waals surface area contributed by atoms with Gasteiger partial charge in [0.25, 0.3) is 0 Å². The third kappa shape index (κ3) is 2.60. The zero-order valence-corrected chi connectivity index (χ0v) is 6.95. The second-order valence-corrected chi connectivity index (χ2v) is 1.79. The maximum absolute atomic E-state index is 8.14. The van der Waals surface area contributed by atoms with Crippen LogP contribution in [0.15, 0.2) is 30.3 Å². The highest BCUT2D eigenvalue weighted by molar-refractivity contribution is 5.15. The average Bonchev–Trinajstić information content (AvgIpc) is 1.91. The summed E-state index contributed by atoms with van der Waals surface area (Å²) >= 11 is 0. The van der Waals surface area contributed by atoms with Crippen molar-refractivity contribution in [3.05, 3.63) is 40.9 Å². The fourth-order valence-corrected chi connectivity index (χ4v) is 0.665. The lowest BCUT2D eigenvalue weighted by atomic mass is 10.2. The first-order valence-electron chi connectivity index (χ1n) is 2.78. The van der Waals surface area contributed by atoms with E-state index in [1.54, 1.807) is 0 Å². The highest BCUT2D eigenvalue weighted by Gasteiger charge is 1.94. The fraction of sp³-hybridized carbons (Fsp3) is 0.143. The van der Waals surface area contributed by atoms with Crippen molar-refractivity contribution in [1.82, 2.24) is 0 Å². The number of hydrogen-bond acceptors (Lipinski definition) is 1. The normalized spacial score (nSPS) is 7.50. The molecule has 1 aromatic rings. The van der Waals surface area contributed by atoms with Crippen LogP contribution in [0.2, 0.25) is 0 Å². The summed E-state index contributed by atoms with van der Waals surface area (Å²) in [5.41, 5.74) is 1.03. The molecular formula is C7H7BrN2. The number of benzene rings is 1. The molecule has 1 rings (SSSR count). The van der Waals surface area contributed by atoms with Crippen LogP contribution in [0.4, 0.5) is 0 Å². The van der Waals surface area contributed by atoms with Crippen molar-refractivity contribution in [1.29, 1.82) is 5.39 Å². The van der Waals surface area contributed by atoms with Gasteiger partial charge in [0.1, 0.15) is 4.98 Å². The van der Waals surface area contributed by atoms with Gasteiger partial charge >= 0.3 is 6.54 Å². The monoisotopic (exact) mass is 198 g/mol. The van der Waals surface area contributed by atoms with Crippen molar-refractivity contribution >= 4 is 0 Å². The third-order valence-electron chi connectivity index (χ3n) is 1.10. The van der Waals surface area contributed by atoms with Crippen LogP contribution in [0, 0.1) is 5.39 Å². The Morgan fingerprint density at radius 1 is 1.20 bits per heavy atom. The van der Waals surface area contributed by atoms with Crippen LogP contribution in [-0.2, 0) is 6.54 Å². The second-order valence-electron chi connectivity index (χ2n) is 1.79. The van der Waals surface area contributed by atoms with Crippen LogP contribution in [0.25, 0.3) is 4.98 Å².